The van der Waals surface area contributed by atoms with Gasteiger partial charge in [0.15, 0.2) is 0 Å². The van der Waals surface area contributed by atoms with Crippen molar-refractivity contribution in [3.63, 3.8) is 0 Å². The predicted octanol–water partition coefficient (Wildman–Crippen LogP) is -0.540. The van der Waals surface area contributed by atoms with Gasteiger partial charge in [0, 0.05) is 18.7 Å². The number of carboxylic acids is 1. The van der Waals surface area contributed by atoms with E-state index in [0.717, 1.165) is 16.7 Å². The average Bonchev–Trinajstić information content (AvgIpc) is 2.79. The summed E-state index contributed by atoms with van der Waals surface area (Å²) in [6, 6.07) is -1.08. The SMILES string of the molecule is CSc1nc(=O)[nH]c(C)c1C(=O)N1C[C@H](O)C[C@H]1C(=O)O. The van der Waals surface area contributed by atoms with Crippen LogP contribution >= 0.6 is 11.8 Å². The van der Waals surface area contributed by atoms with Gasteiger partial charge in [-0.2, -0.15) is 4.98 Å². The molecule has 8 nitrogen and oxygen atoms in total. The monoisotopic (exact) mass is 313 g/mol. The van der Waals surface area contributed by atoms with Crippen molar-refractivity contribution in [2.75, 3.05) is 12.8 Å². The van der Waals surface area contributed by atoms with Crippen LogP contribution in [-0.4, -0.2) is 61.9 Å². The van der Waals surface area contributed by atoms with Crippen molar-refractivity contribution in [1.29, 1.82) is 0 Å². The number of thioether (sulfide) groups is 1. The lowest BCUT2D eigenvalue weighted by Gasteiger charge is -2.22. The number of aromatic nitrogens is 2. The lowest BCUT2D eigenvalue weighted by Crippen LogP contribution is -2.41. The molecule has 0 radical (unpaired) electrons. The Morgan fingerprint density at radius 3 is 2.71 bits per heavy atom. The number of likely N-dealkylation sites (tertiary alicyclic amines) is 1. The van der Waals surface area contributed by atoms with Crippen molar-refractivity contribution in [1.82, 2.24) is 14.9 Å². The normalized spacial score (nSPS) is 21.6. The molecule has 0 bridgehead atoms. The summed E-state index contributed by atoms with van der Waals surface area (Å²) in [5.41, 5.74) is -0.0676. The van der Waals surface area contributed by atoms with Crippen LogP contribution in [0.2, 0.25) is 0 Å². The summed E-state index contributed by atoms with van der Waals surface area (Å²) < 4.78 is 0. The minimum Gasteiger partial charge on any atom is -0.480 e. The molecule has 1 fully saturated rings. The van der Waals surface area contributed by atoms with Crippen molar-refractivity contribution < 1.29 is 19.8 Å². The number of carbonyl (C=O) groups is 2. The van der Waals surface area contributed by atoms with Gasteiger partial charge >= 0.3 is 11.7 Å². The quantitative estimate of drug-likeness (QED) is 0.506. The molecule has 1 amide bonds. The predicted molar refractivity (Wildman–Crippen MR) is 74.5 cm³/mol. The summed E-state index contributed by atoms with van der Waals surface area (Å²) >= 11 is 1.13. The fraction of sp³-hybridized carbons (Fsp3) is 0.500. The van der Waals surface area contributed by atoms with Crippen molar-refractivity contribution >= 4 is 23.6 Å². The Bertz CT molecular complexity index is 644. The molecule has 1 saturated heterocycles. The Kier molecular flexibility index (Phi) is 4.33. The number of carbonyl (C=O) groups excluding carboxylic acids is 1. The lowest BCUT2D eigenvalue weighted by atomic mass is 10.1. The minimum atomic E-state index is -1.17. The van der Waals surface area contributed by atoms with Gasteiger partial charge in [-0.15, -0.1) is 11.8 Å². The lowest BCUT2D eigenvalue weighted by molar-refractivity contribution is -0.141. The summed E-state index contributed by atoms with van der Waals surface area (Å²) in [5, 5.41) is 19.0. The minimum absolute atomic E-state index is 0.00843. The first-order chi connectivity index (χ1) is 9.85. The highest BCUT2D eigenvalue weighted by Gasteiger charge is 2.40. The maximum absolute atomic E-state index is 12.6. The van der Waals surface area contributed by atoms with Crippen LogP contribution in [0.25, 0.3) is 0 Å². The average molecular weight is 313 g/mol. The third kappa shape index (κ3) is 2.93. The molecule has 2 heterocycles. The molecular formula is C12H15N3O5S. The highest BCUT2D eigenvalue weighted by Crippen LogP contribution is 2.25. The topological polar surface area (TPSA) is 124 Å². The number of aliphatic hydroxyl groups excluding tert-OH is 1. The second kappa shape index (κ2) is 5.86. The van der Waals surface area contributed by atoms with Crippen LogP contribution in [0.1, 0.15) is 22.5 Å². The molecule has 2 rings (SSSR count). The van der Waals surface area contributed by atoms with E-state index >= 15 is 0 Å². The molecule has 1 aromatic heterocycles. The summed E-state index contributed by atoms with van der Waals surface area (Å²) in [7, 11) is 0. The van der Waals surface area contributed by atoms with Crippen molar-refractivity contribution in [2.45, 2.75) is 30.5 Å². The Balaban J connectivity index is 2.45. The molecule has 21 heavy (non-hydrogen) atoms. The first kappa shape index (κ1) is 15.5. The van der Waals surface area contributed by atoms with Gasteiger partial charge in [0.2, 0.25) is 0 Å². The van der Waals surface area contributed by atoms with E-state index in [-0.39, 0.29) is 23.6 Å². The number of nitrogens with one attached hydrogen (secondary N) is 1. The second-order valence-corrected chi connectivity index (χ2v) is 5.55. The molecule has 0 spiro atoms. The van der Waals surface area contributed by atoms with Gasteiger partial charge in [0.1, 0.15) is 11.1 Å². The first-order valence-corrected chi connectivity index (χ1v) is 7.44. The Labute approximate surface area is 124 Å². The van der Waals surface area contributed by atoms with Crippen LogP contribution in [0.15, 0.2) is 9.82 Å². The van der Waals surface area contributed by atoms with Crippen molar-refractivity contribution in [3.8, 4) is 0 Å². The molecule has 2 atom stereocenters. The zero-order chi connectivity index (χ0) is 15.7. The number of amides is 1. The first-order valence-electron chi connectivity index (χ1n) is 6.22. The van der Waals surface area contributed by atoms with Crippen LogP contribution in [0.4, 0.5) is 0 Å². The van der Waals surface area contributed by atoms with Gasteiger partial charge in [0.25, 0.3) is 5.91 Å². The van der Waals surface area contributed by atoms with Crippen molar-refractivity contribution in [2.24, 2.45) is 0 Å². The van der Waals surface area contributed by atoms with Gasteiger partial charge in [-0.05, 0) is 13.2 Å². The smallest absolute Gasteiger partial charge is 0.346 e. The number of rotatable bonds is 3. The van der Waals surface area contributed by atoms with Gasteiger partial charge in [-0.25, -0.2) is 9.59 Å². The number of aromatic amines is 1. The van der Waals surface area contributed by atoms with E-state index in [4.69, 9.17) is 5.11 Å². The molecular weight excluding hydrogens is 298 g/mol. The molecule has 1 aliphatic rings. The van der Waals surface area contributed by atoms with E-state index in [1.807, 2.05) is 0 Å². The van der Waals surface area contributed by atoms with Gasteiger partial charge in [0.05, 0.1) is 11.7 Å². The summed E-state index contributed by atoms with van der Waals surface area (Å²) in [6.07, 6.45) is 0.792. The molecule has 0 unspecified atom stereocenters. The van der Waals surface area contributed by atoms with Gasteiger partial charge in [-0.3, -0.25) is 4.79 Å². The molecule has 9 heteroatoms. The number of β-amino-alcohol motifs (C(OH)–C–C–N with tert-alkyl or cyclic N) is 1. The third-order valence-corrected chi connectivity index (χ3v) is 4.00. The molecule has 0 aliphatic carbocycles. The number of aliphatic carboxylic acids is 1. The van der Waals surface area contributed by atoms with Gasteiger partial charge in [-0.1, -0.05) is 0 Å². The number of carboxylic acid groups (broad SMARTS) is 1. The number of hydrogen-bond acceptors (Lipinski definition) is 6. The van der Waals surface area contributed by atoms with Crippen LogP contribution in [0.5, 0.6) is 0 Å². The van der Waals surface area contributed by atoms with Crippen LogP contribution in [0, 0.1) is 6.92 Å². The van der Waals surface area contributed by atoms with Crippen LogP contribution < -0.4 is 5.69 Å². The van der Waals surface area contributed by atoms with E-state index in [1.54, 1.807) is 13.2 Å². The van der Waals surface area contributed by atoms with Crippen LogP contribution in [-0.2, 0) is 4.79 Å². The van der Waals surface area contributed by atoms with Crippen molar-refractivity contribution in [3.05, 3.63) is 21.7 Å². The fourth-order valence-electron chi connectivity index (χ4n) is 2.37. The number of nitrogens with zero attached hydrogens (tertiary/aromatic N) is 2. The highest BCUT2D eigenvalue weighted by atomic mass is 32.2. The molecule has 114 valence electrons. The van der Waals surface area contributed by atoms with Gasteiger partial charge < -0.3 is 20.1 Å². The largest absolute Gasteiger partial charge is 0.480 e. The maximum Gasteiger partial charge on any atom is 0.346 e. The summed E-state index contributed by atoms with van der Waals surface area (Å²) in [6.45, 7) is 1.50. The van der Waals surface area contributed by atoms with Crippen LogP contribution in [0.3, 0.4) is 0 Å². The Hall–Kier alpha value is -1.87. The van der Waals surface area contributed by atoms with E-state index in [2.05, 4.69) is 9.97 Å². The second-order valence-electron chi connectivity index (χ2n) is 4.75. The van der Waals surface area contributed by atoms with E-state index in [9.17, 15) is 19.5 Å². The molecule has 3 N–H and O–H groups in total. The number of hydrogen-bond donors (Lipinski definition) is 3. The number of aliphatic hydroxyl groups is 1. The highest BCUT2D eigenvalue weighted by molar-refractivity contribution is 7.98. The molecule has 0 aromatic carbocycles. The van der Waals surface area contributed by atoms with E-state index in [0.29, 0.717) is 5.69 Å². The standard InChI is InChI=1S/C12H15N3O5S/c1-5-8(9(21-2)14-12(20)13-5)10(17)15-4-6(16)3-7(15)11(18)19/h6-7,16H,3-4H2,1-2H3,(H,18,19)(H,13,14,20)/t6-,7+/m1/s1. The van der Waals surface area contributed by atoms with E-state index < -0.39 is 29.7 Å². The fourth-order valence-corrected chi connectivity index (χ4v) is 2.99. The summed E-state index contributed by atoms with van der Waals surface area (Å²) in [4.78, 5) is 42.4. The molecule has 0 saturated carbocycles. The molecule has 1 aliphatic heterocycles. The third-order valence-electron chi connectivity index (χ3n) is 3.32. The summed E-state index contributed by atoms with van der Waals surface area (Å²) in [5.74, 6) is -1.72. The molecule has 1 aromatic rings. The maximum atomic E-state index is 12.6. The number of aryl methyl sites for hydroxylation is 1. The Morgan fingerprint density at radius 1 is 1.48 bits per heavy atom. The number of H-pyrrole nitrogens is 1. The zero-order valence-corrected chi connectivity index (χ0v) is 12.3. The van der Waals surface area contributed by atoms with E-state index in [1.165, 1.54) is 0 Å². The zero-order valence-electron chi connectivity index (χ0n) is 11.5. The Morgan fingerprint density at radius 2 is 2.14 bits per heavy atom.